The van der Waals surface area contributed by atoms with Gasteiger partial charge in [0.1, 0.15) is 0 Å². The van der Waals surface area contributed by atoms with Gasteiger partial charge < -0.3 is 5.84 Å². The van der Waals surface area contributed by atoms with E-state index in [0.717, 1.165) is 0 Å². The van der Waals surface area contributed by atoms with Gasteiger partial charge in [-0.15, -0.1) is 5.10 Å². The number of nitrogens with two attached hydrogens (primary N) is 3. The van der Waals surface area contributed by atoms with Gasteiger partial charge in [-0.05, 0) is 0 Å². The lowest BCUT2D eigenvalue weighted by Gasteiger charge is -2.02. The Morgan fingerprint density at radius 2 is 2.00 bits per heavy atom. The van der Waals surface area contributed by atoms with Crippen LogP contribution in [0.2, 0.25) is 0 Å². The van der Waals surface area contributed by atoms with Gasteiger partial charge in [0.15, 0.2) is 0 Å². The Hall–Kier alpha value is -1.05. The summed E-state index contributed by atoms with van der Waals surface area (Å²) < 4.78 is 0. The fourth-order valence-corrected chi connectivity index (χ4v) is 0.174. The molecule has 7 nitrogen and oxygen atoms in total. The summed E-state index contributed by atoms with van der Waals surface area (Å²) in [6.45, 7) is 0. The smallest absolute Gasteiger partial charge is 0.243 e. The van der Waals surface area contributed by atoms with Gasteiger partial charge in [0.25, 0.3) is 0 Å². The van der Waals surface area contributed by atoms with Crippen LogP contribution in [-0.2, 0) is 0 Å². The highest BCUT2D eigenvalue weighted by atomic mass is 15.6. The third-order valence-electron chi connectivity index (χ3n) is 0.456. The normalized spacial score (nSPS) is 11.0. The zero-order chi connectivity index (χ0) is 6.41. The number of hydrazone groups is 1. The molecule has 0 spiro atoms. The summed E-state index contributed by atoms with van der Waals surface area (Å²) in [7, 11) is 0. The first-order valence-corrected chi connectivity index (χ1v) is 1.81. The molecule has 0 aromatic heterocycles. The summed E-state index contributed by atoms with van der Waals surface area (Å²) in [5, 5.41) is 3.12. The topological polar surface area (TPSA) is 127 Å². The van der Waals surface area contributed by atoms with E-state index in [-0.39, 0.29) is 5.96 Å². The van der Waals surface area contributed by atoms with E-state index >= 15 is 0 Å². The Kier molecular flexibility index (Phi) is 3.58. The number of hydrazine groups is 3. The van der Waals surface area contributed by atoms with E-state index in [1.54, 1.807) is 0 Å². The van der Waals surface area contributed by atoms with Gasteiger partial charge in [-0.2, -0.15) is 5.53 Å². The van der Waals surface area contributed by atoms with Crippen LogP contribution < -0.4 is 33.9 Å². The molecule has 48 valence electrons. The van der Waals surface area contributed by atoms with Crippen LogP contribution in [0, 0.1) is 0 Å². The molecule has 0 aromatic rings. The summed E-state index contributed by atoms with van der Waals surface area (Å²) in [6, 6.07) is 0. The maximum atomic E-state index is 4.85. The second kappa shape index (κ2) is 4.12. The van der Waals surface area contributed by atoms with E-state index in [0.29, 0.717) is 0 Å². The van der Waals surface area contributed by atoms with Crippen molar-refractivity contribution in [3.63, 3.8) is 0 Å². The molecule has 0 unspecified atom stereocenters. The third-order valence-corrected chi connectivity index (χ3v) is 0.456. The average Bonchev–Trinajstić information content (AvgIpc) is 1.83. The first kappa shape index (κ1) is 6.95. The standard InChI is InChI=1S/CH9N7/c2-5-1(6-3)7-8-4/h8H,2-4H2,(H2,5,6,7). The number of guanidine groups is 1. The highest BCUT2D eigenvalue weighted by molar-refractivity contribution is 5.78. The molecule has 0 radical (unpaired) electrons. The molecule has 0 atom stereocenters. The van der Waals surface area contributed by atoms with Gasteiger partial charge in [0, 0.05) is 0 Å². The average molecular weight is 119 g/mol. The van der Waals surface area contributed by atoms with Gasteiger partial charge in [-0.3, -0.25) is 16.7 Å². The predicted molar refractivity (Wildman–Crippen MR) is 29.4 cm³/mol. The van der Waals surface area contributed by atoms with Crippen molar-refractivity contribution >= 4 is 5.96 Å². The number of nitrogens with zero attached hydrogens (tertiary/aromatic N) is 1. The van der Waals surface area contributed by atoms with Crippen molar-refractivity contribution in [2.24, 2.45) is 22.6 Å². The SMILES string of the molecule is N/N=C(\NN)NNN. The Morgan fingerprint density at radius 1 is 1.38 bits per heavy atom. The minimum atomic E-state index is 0.160. The Labute approximate surface area is 46.2 Å². The summed E-state index contributed by atoms with van der Waals surface area (Å²) in [5.74, 6) is 14.6. The van der Waals surface area contributed by atoms with Crippen LogP contribution in [0.25, 0.3) is 0 Å². The van der Waals surface area contributed by atoms with Crippen molar-refractivity contribution < 1.29 is 0 Å². The second-order valence-electron chi connectivity index (χ2n) is 0.891. The number of rotatable bonds is 1. The van der Waals surface area contributed by atoms with Gasteiger partial charge in [-0.25, -0.2) is 5.84 Å². The molecular weight excluding hydrogens is 110 g/mol. The highest BCUT2D eigenvalue weighted by Gasteiger charge is 1.85. The molecule has 0 aromatic carbocycles. The van der Waals surface area contributed by atoms with E-state index in [9.17, 15) is 0 Å². The molecule has 0 saturated heterocycles. The molecule has 0 aliphatic rings. The maximum absolute atomic E-state index is 4.85. The lowest BCUT2D eigenvalue weighted by Crippen LogP contribution is -2.51. The van der Waals surface area contributed by atoms with E-state index in [1.807, 2.05) is 0 Å². The Morgan fingerprint density at radius 3 is 2.12 bits per heavy atom. The predicted octanol–water partition coefficient (Wildman–Crippen LogP) is -3.35. The minimum Gasteiger partial charge on any atom is -0.320 e. The summed E-state index contributed by atoms with van der Waals surface area (Å²) >= 11 is 0. The highest BCUT2D eigenvalue weighted by Crippen LogP contribution is 1.47. The molecule has 0 fully saturated rings. The van der Waals surface area contributed by atoms with Crippen LogP contribution in [0.1, 0.15) is 0 Å². The Balaban J connectivity index is 3.38. The molecule has 0 bridgehead atoms. The zero-order valence-electron chi connectivity index (χ0n) is 4.18. The van der Waals surface area contributed by atoms with Crippen LogP contribution >= 0.6 is 0 Å². The molecule has 7 heteroatoms. The van der Waals surface area contributed by atoms with Gasteiger partial charge in [0.05, 0.1) is 0 Å². The fraction of sp³-hybridized carbons (Fsp3) is 0. The molecule has 8 heavy (non-hydrogen) atoms. The van der Waals surface area contributed by atoms with Gasteiger partial charge >= 0.3 is 0 Å². The molecule has 0 aliphatic carbocycles. The van der Waals surface area contributed by atoms with E-state index in [1.165, 1.54) is 0 Å². The monoisotopic (exact) mass is 119 g/mol. The Bertz CT molecular complexity index is 74.5. The van der Waals surface area contributed by atoms with E-state index < -0.39 is 0 Å². The van der Waals surface area contributed by atoms with Crippen LogP contribution in [-0.4, -0.2) is 5.96 Å². The number of nitrogens with one attached hydrogen (secondary N) is 3. The van der Waals surface area contributed by atoms with Gasteiger partial charge in [-0.1, -0.05) is 0 Å². The van der Waals surface area contributed by atoms with Crippen LogP contribution in [0.15, 0.2) is 5.10 Å². The maximum Gasteiger partial charge on any atom is 0.243 e. The van der Waals surface area contributed by atoms with Crippen molar-refractivity contribution in [3.8, 4) is 0 Å². The molecule has 0 heterocycles. The second-order valence-corrected chi connectivity index (χ2v) is 0.891. The van der Waals surface area contributed by atoms with Crippen molar-refractivity contribution in [3.05, 3.63) is 0 Å². The summed E-state index contributed by atoms with van der Waals surface area (Å²) in [5.41, 5.74) is 6.49. The van der Waals surface area contributed by atoms with Crippen LogP contribution in [0.3, 0.4) is 0 Å². The largest absolute Gasteiger partial charge is 0.320 e. The van der Waals surface area contributed by atoms with Crippen LogP contribution in [0.4, 0.5) is 0 Å². The third kappa shape index (κ3) is 2.18. The van der Waals surface area contributed by atoms with Crippen molar-refractivity contribution in [1.82, 2.24) is 16.4 Å². The molecule has 0 rings (SSSR count). The molecular formula is CH9N7. The molecule has 0 saturated carbocycles. The van der Waals surface area contributed by atoms with Crippen LogP contribution in [0.5, 0.6) is 0 Å². The summed E-state index contributed by atoms with van der Waals surface area (Å²) in [4.78, 5) is 0. The lowest BCUT2D eigenvalue weighted by molar-refractivity contribution is 0.670. The van der Waals surface area contributed by atoms with E-state index in [2.05, 4.69) is 21.5 Å². The lowest BCUT2D eigenvalue weighted by atomic mass is 11.1. The summed E-state index contributed by atoms with van der Waals surface area (Å²) in [6.07, 6.45) is 0. The van der Waals surface area contributed by atoms with Crippen molar-refractivity contribution in [1.29, 1.82) is 0 Å². The van der Waals surface area contributed by atoms with Crippen molar-refractivity contribution in [2.75, 3.05) is 0 Å². The van der Waals surface area contributed by atoms with E-state index in [4.69, 9.17) is 17.5 Å². The molecule has 0 aliphatic heterocycles. The number of hydrogen-bond acceptors (Lipinski definition) is 5. The minimum absolute atomic E-state index is 0.160. The first-order valence-electron chi connectivity index (χ1n) is 1.81. The molecule has 0 amide bonds. The zero-order valence-corrected chi connectivity index (χ0v) is 4.18. The van der Waals surface area contributed by atoms with Crippen molar-refractivity contribution in [2.45, 2.75) is 0 Å². The number of hydrogen-bond donors (Lipinski definition) is 6. The quantitative estimate of drug-likeness (QED) is 0.0926. The fourth-order valence-electron chi connectivity index (χ4n) is 0.174. The van der Waals surface area contributed by atoms with Gasteiger partial charge in [0.2, 0.25) is 5.96 Å². The molecule has 9 N–H and O–H groups in total. The first-order chi connectivity index (χ1) is 3.85.